The third-order valence-corrected chi connectivity index (χ3v) is 2.66. The molecule has 0 amide bonds. The van der Waals surface area contributed by atoms with Crippen LogP contribution in [0.15, 0.2) is 0 Å². The molecule has 0 spiro atoms. The largest absolute Gasteiger partial charge is 0.753 e. The van der Waals surface area contributed by atoms with Crippen LogP contribution in [-0.4, -0.2) is 62.5 Å². The van der Waals surface area contributed by atoms with Gasteiger partial charge < -0.3 is 5.11 Å². The second kappa shape index (κ2) is 4.79. The van der Waals surface area contributed by atoms with E-state index in [0.29, 0.717) is 0 Å². The van der Waals surface area contributed by atoms with Gasteiger partial charge in [-0.2, -0.15) is 0 Å². The zero-order valence-corrected chi connectivity index (χ0v) is 10.8. The van der Waals surface area contributed by atoms with Crippen LogP contribution in [0.4, 0.5) is 0 Å². The summed E-state index contributed by atoms with van der Waals surface area (Å²) >= 11 is 0. The van der Waals surface area contributed by atoms with Crippen LogP contribution in [0, 0.1) is 0 Å². The van der Waals surface area contributed by atoms with Crippen molar-refractivity contribution in [2.45, 2.75) is 12.9 Å². The Hall–Kier alpha value is 1.68. The molecule has 0 bridgehead atoms. The molecule has 0 aromatic carbocycles. The van der Waals surface area contributed by atoms with Crippen molar-refractivity contribution in [2.24, 2.45) is 0 Å². The summed E-state index contributed by atoms with van der Waals surface area (Å²) in [6.07, 6.45) is 0. The van der Waals surface area contributed by atoms with Crippen LogP contribution in [0.5, 0.6) is 0 Å². The zero-order valence-electron chi connectivity index (χ0n) is 5.88. The molecule has 1 fully saturated rings. The van der Waals surface area contributed by atoms with Crippen molar-refractivity contribution in [3.8, 4) is 0 Å². The van der Waals surface area contributed by atoms with Gasteiger partial charge in [0.05, 0.1) is 0 Å². The molecule has 2 atom stereocenters. The molecular weight excluding hydrogens is 221 g/mol. The Morgan fingerprint density at radius 1 is 1.27 bits per heavy atom. The van der Waals surface area contributed by atoms with Gasteiger partial charge in [0, 0.05) is 67.4 Å². The van der Waals surface area contributed by atoms with E-state index in [1.165, 1.54) is 0 Å². The van der Waals surface area contributed by atoms with Crippen molar-refractivity contribution in [1.29, 1.82) is 0 Å². The van der Waals surface area contributed by atoms with Gasteiger partial charge in [-0.25, -0.2) is 0 Å². The van der Waals surface area contributed by atoms with E-state index in [-0.39, 0.29) is 51.4 Å². The Labute approximate surface area is 107 Å². The average Bonchev–Trinajstić information content (AvgIpc) is 1.54. The first kappa shape index (κ1) is 12.7. The normalized spacial score (nSPS) is 38.0. The number of hydrogen-bond acceptors (Lipinski definition) is 6. The van der Waals surface area contributed by atoms with E-state index in [1.807, 2.05) is 0 Å². The van der Waals surface area contributed by atoms with E-state index in [9.17, 15) is 9.13 Å². The molecule has 6 nitrogen and oxygen atoms in total. The Balaban J connectivity index is 0.000001000. The molecule has 11 heavy (non-hydrogen) atoms. The number of rotatable bonds is 0. The van der Waals surface area contributed by atoms with Crippen LogP contribution in [0.3, 0.4) is 0 Å². The SMILES string of the molecule is CC1(O)O[P+](=O)O[P+](=O)O1.[K]. The number of aliphatic hydroxyl groups is 1. The van der Waals surface area contributed by atoms with Gasteiger partial charge in [0.25, 0.3) is 0 Å². The van der Waals surface area contributed by atoms with Gasteiger partial charge in [-0.15, -0.1) is 0 Å². The number of hydrogen-bond donors (Lipinski definition) is 1. The van der Waals surface area contributed by atoms with Crippen molar-refractivity contribution in [2.75, 3.05) is 0 Å². The summed E-state index contributed by atoms with van der Waals surface area (Å²) in [5.41, 5.74) is 0. The maximum atomic E-state index is 10.4. The molecule has 0 saturated carbocycles. The Kier molecular flexibility index (Phi) is 5.52. The molecular formula is C2H4KO6P2+2. The van der Waals surface area contributed by atoms with E-state index in [2.05, 4.69) is 13.4 Å². The summed E-state index contributed by atoms with van der Waals surface area (Å²) in [6, 6.07) is 0. The molecule has 57 valence electrons. The topological polar surface area (TPSA) is 82.1 Å². The first-order valence-corrected chi connectivity index (χ1v) is 4.42. The maximum Gasteiger partial charge on any atom is 0.753 e. The molecule has 1 radical (unpaired) electrons. The summed E-state index contributed by atoms with van der Waals surface area (Å²) in [5.74, 6) is -2.07. The molecule has 1 N–H and O–H groups in total. The standard InChI is InChI=1S/C2H4O6P2.K/c1-2(3)6-9(4)8-10(5)7-2;/h3H,1H3;/q+2;. The first-order valence-electron chi connectivity index (χ1n) is 2.23. The van der Waals surface area contributed by atoms with Crippen LogP contribution in [0.2, 0.25) is 0 Å². The fraction of sp³-hybridized carbons (Fsp3) is 1.00. The van der Waals surface area contributed by atoms with Gasteiger partial charge in [-0.3, -0.25) is 0 Å². The van der Waals surface area contributed by atoms with E-state index in [4.69, 9.17) is 5.11 Å². The maximum absolute atomic E-state index is 10.4. The molecule has 1 aliphatic heterocycles. The zero-order chi connectivity index (χ0) is 7.78. The monoisotopic (exact) mass is 225 g/mol. The quantitative estimate of drug-likeness (QED) is 0.481. The third-order valence-electron chi connectivity index (χ3n) is 0.621. The first-order chi connectivity index (χ1) is 4.49. The van der Waals surface area contributed by atoms with E-state index >= 15 is 0 Å². The van der Waals surface area contributed by atoms with Crippen LogP contribution >= 0.6 is 16.5 Å². The molecule has 1 aliphatic rings. The molecule has 1 rings (SSSR count). The minimum absolute atomic E-state index is 0. The van der Waals surface area contributed by atoms with Gasteiger partial charge in [0.2, 0.25) is 0 Å². The summed E-state index contributed by atoms with van der Waals surface area (Å²) < 4.78 is 33.1. The van der Waals surface area contributed by atoms with Crippen molar-refractivity contribution < 1.29 is 27.6 Å². The van der Waals surface area contributed by atoms with Crippen molar-refractivity contribution in [1.82, 2.24) is 0 Å². The van der Waals surface area contributed by atoms with Gasteiger partial charge in [-0.1, -0.05) is 0 Å². The van der Waals surface area contributed by atoms with Crippen LogP contribution in [-0.2, 0) is 22.5 Å². The van der Waals surface area contributed by atoms with Crippen molar-refractivity contribution in [3.05, 3.63) is 0 Å². The fourth-order valence-electron chi connectivity index (χ4n) is 0.381. The van der Waals surface area contributed by atoms with E-state index < -0.39 is 22.5 Å². The predicted octanol–water partition coefficient (Wildman–Crippen LogP) is 0.650. The summed E-state index contributed by atoms with van der Waals surface area (Å²) in [5, 5.41) is 8.82. The molecule has 0 aromatic heterocycles. The smallest absolute Gasteiger partial charge is 0.337 e. The summed E-state index contributed by atoms with van der Waals surface area (Å²) in [6.45, 7) is 1.07. The van der Waals surface area contributed by atoms with Gasteiger partial charge >= 0.3 is 22.5 Å². The molecule has 9 heteroatoms. The van der Waals surface area contributed by atoms with E-state index in [1.54, 1.807) is 0 Å². The minimum Gasteiger partial charge on any atom is -0.337 e. The van der Waals surface area contributed by atoms with E-state index in [0.717, 1.165) is 6.92 Å². The second-order valence-electron chi connectivity index (χ2n) is 1.61. The minimum atomic E-state index is -2.53. The molecule has 1 saturated heterocycles. The predicted molar refractivity (Wildman–Crippen MR) is 34.8 cm³/mol. The van der Waals surface area contributed by atoms with Crippen LogP contribution in [0.1, 0.15) is 6.92 Å². The fourth-order valence-corrected chi connectivity index (χ4v) is 1.77. The second-order valence-corrected chi connectivity index (χ2v) is 3.52. The van der Waals surface area contributed by atoms with Gasteiger partial charge in [-0.05, 0) is 9.05 Å². The van der Waals surface area contributed by atoms with Crippen LogP contribution < -0.4 is 0 Å². The summed E-state index contributed by atoms with van der Waals surface area (Å²) in [4.78, 5) is 0. The van der Waals surface area contributed by atoms with Gasteiger partial charge in [0.1, 0.15) is 0 Å². The molecule has 0 aliphatic carbocycles. The molecule has 2 unspecified atom stereocenters. The molecule has 0 aromatic rings. The van der Waals surface area contributed by atoms with Crippen molar-refractivity contribution in [3.63, 3.8) is 0 Å². The Morgan fingerprint density at radius 2 is 1.64 bits per heavy atom. The van der Waals surface area contributed by atoms with Crippen LogP contribution in [0.25, 0.3) is 0 Å². The average molecular weight is 225 g/mol. The third kappa shape index (κ3) is 4.45. The van der Waals surface area contributed by atoms with Crippen molar-refractivity contribution >= 4 is 67.9 Å². The Bertz CT molecular complexity index is 173. The Morgan fingerprint density at radius 3 is 1.91 bits per heavy atom. The van der Waals surface area contributed by atoms with Gasteiger partial charge in [0.15, 0.2) is 4.31 Å². The molecule has 1 heterocycles. The summed E-state index contributed by atoms with van der Waals surface area (Å²) in [7, 11) is -5.06.